The Kier molecular flexibility index (Phi) is 6.61. The first-order valence-electron chi connectivity index (χ1n) is 10.00. The van der Waals surface area contributed by atoms with Gasteiger partial charge >= 0.3 is 6.03 Å². The Morgan fingerprint density at radius 3 is 2.61 bits per heavy atom. The van der Waals surface area contributed by atoms with Gasteiger partial charge in [-0.05, 0) is 42.3 Å². The number of fused-ring (bicyclic) bond motifs is 1. The van der Waals surface area contributed by atoms with Gasteiger partial charge in [0.2, 0.25) is 0 Å². The number of para-hydroxylation sites is 1. The van der Waals surface area contributed by atoms with Crippen molar-refractivity contribution in [3.63, 3.8) is 0 Å². The zero-order chi connectivity index (χ0) is 23.6. The highest BCUT2D eigenvalue weighted by molar-refractivity contribution is 7.91. The lowest BCUT2D eigenvalue weighted by Gasteiger charge is -2.34. The molecule has 3 aromatic rings. The summed E-state index contributed by atoms with van der Waals surface area (Å²) in [6.07, 6.45) is 3.31. The molecule has 0 bridgehead atoms. The number of urea groups is 1. The van der Waals surface area contributed by atoms with Crippen molar-refractivity contribution >= 4 is 50.8 Å². The smallest absolute Gasteiger partial charge is 0.337 e. The summed E-state index contributed by atoms with van der Waals surface area (Å²) in [7, 11) is -4.00. The molecule has 11 heteroatoms. The third-order valence-corrected chi connectivity index (χ3v) is 8.02. The number of thiophene rings is 1. The number of carbonyl (C=O) groups excluding carboxylic acids is 1. The summed E-state index contributed by atoms with van der Waals surface area (Å²) in [6.45, 7) is 2.52. The number of benzene rings is 2. The van der Waals surface area contributed by atoms with Gasteiger partial charge in [-0.15, -0.1) is 16.2 Å². The predicted molar refractivity (Wildman–Crippen MR) is 130 cm³/mol. The van der Waals surface area contributed by atoms with Gasteiger partial charge in [-0.1, -0.05) is 48.0 Å². The fourth-order valence-corrected chi connectivity index (χ4v) is 5.91. The van der Waals surface area contributed by atoms with E-state index in [0.29, 0.717) is 22.1 Å². The van der Waals surface area contributed by atoms with Crippen molar-refractivity contribution in [2.75, 3.05) is 11.9 Å². The van der Waals surface area contributed by atoms with E-state index in [4.69, 9.17) is 11.6 Å². The van der Waals surface area contributed by atoms with Crippen molar-refractivity contribution in [1.29, 1.82) is 0 Å². The zero-order valence-electron chi connectivity index (χ0n) is 17.4. The van der Waals surface area contributed by atoms with Gasteiger partial charge in [0.1, 0.15) is 9.96 Å². The van der Waals surface area contributed by atoms with E-state index in [1.54, 1.807) is 30.5 Å². The Bertz CT molecular complexity index is 1320. The van der Waals surface area contributed by atoms with E-state index < -0.39 is 22.1 Å². The molecule has 172 valence electrons. The number of nitrogens with zero attached hydrogens (tertiary/aromatic N) is 1. The number of phenols is 1. The van der Waals surface area contributed by atoms with Crippen LogP contribution >= 0.6 is 22.9 Å². The molecule has 0 spiro atoms. The molecule has 1 atom stereocenters. The summed E-state index contributed by atoms with van der Waals surface area (Å²) in [5.41, 5.74) is 4.95. The van der Waals surface area contributed by atoms with Gasteiger partial charge in [-0.25, -0.2) is 13.2 Å². The first kappa shape index (κ1) is 23.1. The van der Waals surface area contributed by atoms with Crippen LogP contribution < -0.4 is 15.6 Å². The van der Waals surface area contributed by atoms with Gasteiger partial charge in [0.05, 0.1) is 16.1 Å². The van der Waals surface area contributed by atoms with Gasteiger partial charge in [-0.2, -0.15) is 0 Å². The maximum atomic E-state index is 13.1. The zero-order valence-corrected chi connectivity index (χ0v) is 19.8. The van der Waals surface area contributed by atoms with Crippen LogP contribution in [0, 0.1) is 0 Å². The third-order valence-electron chi connectivity index (χ3n) is 5.05. The molecule has 2 amide bonds. The molecule has 2 aromatic carbocycles. The van der Waals surface area contributed by atoms with E-state index in [1.807, 2.05) is 31.2 Å². The average molecular weight is 505 g/mol. The average Bonchev–Trinajstić information content (AvgIpc) is 3.26. The lowest BCUT2D eigenvalue weighted by Crippen LogP contribution is -2.48. The Morgan fingerprint density at radius 2 is 1.88 bits per heavy atom. The van der Waals surface area contributed by atoms with Crippen molar-refractivity contribution in [2.24, 2.45) is 0 Å². The lowest BCUT2D eigenvalue weighted by atomic mass is 9.90. The molecule has 2 heterocycles. The number of hydrazine groups is 1. The number of phenolic OH excluding ortho intramolecular Hbond substituents is 1. The van der Waals surface area contributed by atoms with E-state index in [2.05, 4.69) is 15.6 Å². The van der Waals surface area contributed by atoms with Crippen LogP contribution in [-0.4, -0.2) is 31.0 Å². The fourth-order valence-electron chi connectivity index (χ4n) is 3.59. The molecule has 4 rings (SSSR count). The maximum Gasteiger partial charge on any atom is 0.337 e. The van der Waals surface area contributed by atoms with Gasteiger partial charge < -0.3 is 10.4 Å². The minimum atomic E-state index is -4.00. The van der Waals surface area contributed by atoms with E-state index in [9.17, 15) is 18.3 Å². The van der Waals surface area contributed by atoms with Crippen LogP contribution in [0.4, 0.5) is 10.5 Å². The Hall–Kier alpha value is -3.05. The molecule has 0 saturated carbocycles. The summed E-state index contributed by atoms with van der Waals surface area (Å²) in [5, 5.41) is 14.0. The molecule has 4 N–H and O–H groups in total. The van der Waals surface area contributed by atoms with Crippen LogP contribution in [0.15, 0.2) is 65.0 Å². The Labute approximate surface area is 200 Å². The summed E-state index contributed by atoms with van der Waals surface area (Å²) in [6, 6.07) is 14.2. The van der Waals surface area contributed by atoms with E-state index >= 15 is 0 Å². The number of hydrogen-bond donors (Lipinski definition) is 4. The van der Waals surface area contributed by atoms with Crippen LogP contribution in [0.2, 0.25) is 4.34 Å². The monoisotopic (exact) mass is 504 g/mol. The number of anilines is 1. The highest BCUT2D eigenvalue weighted by Gasteiger charge is 2.32. The minimum absolute atomic E-state index is 0.0149. The number of nitrogens with one attached hydrogen (secondary N) is 3. The van der Waals surface area contributed by atoms with E-state index in [0.717, 1.165) is 22.5 Å². The molecular weight excluding hydrogens is 484 g/mol. The SMILES string of the molecule is CCNc1cccc(C2c3ccccc3C=CN2C(=O)NNS(=O)(=O)c2ccc(Cl)s2)c1O. The minimum Gasteiger partial charge on any atom is -0.505 e. The van der Waals surface area contributed by atoms with Crippen LogP contribution in [0.5, 0.6) is 5.75 Å². The molecule has 33 heavy (non-hydrogen) atoms. The second-order valence-electron chi connectivity index (χ2n) is 7.12. The second-order valence-corrected chi connectivity index (χ2v) is 10.7. The first-order valence-corrected chi connectivity index (χ1v) is 12.7. The number of rotatable bonds is 6. The molecular formula is C22H21ClN4O4S2. The van der Waals surface area contributed by atoms with E-state index in [1.165, 1.54) is 17.0 Å². The predicted octanol–water partition coefficient (Wildman–Crippen LogP) is 4.52. The first-order chi connectivity index (χ1) is 15.8. The maximum absolute atomic E-state index is 13.1. The molecule has 0 saturated heterocycles. The molecule has 1 unspecified atom stereocenters. The van der Waals surface area contributed by atoms with Crippen LogP contribution in [-0.2, 0) is 10.0 Å². The number of sulfonamides is 1. The van der Waals surface area contributed by atoms with Crippen molar-refractivity contribution in [3.05, 3.63) is 81.8 Å². The fraction of sp³-hybridized carbons (Fsp3) is 0.136. The van der Waals surface area contributed by atoms with Gasteiger partial charge in [0.25, 0.3) is 10.0 Å². The molecule has 8 nitrogen and oxygen atoms in total. The molecule has 0 radical (unpaired) electrons. The Balaban J connectivity index is 1.67. The Morgan fingerprint density at radius 1 is 1.12 bits per heavy atom. The molecule has 1 aliphatic rings. The summed E-state index contributed by atoms with van der Waals surface area (Å²) < 4.78 is 25.3. The largest absolute Gasteiger partial charge is 0.505 e. The van der Waals surface area contributed by atoms with Crippen LogP contribution in [0.3, 0.4) is 0 Å². The number of halogens is 1. The highest BCUT2D eigenvalue weighted by Crippen LogP contribution is 2.41. The third kappa shape index (κ3) is 4.69. The summed E-state index contributed by atoms with van der Waals surface area (Å²) in [4.78, 5) is 16.5. The second kappa shape index (κ2) is 9.44. The van der Waals surface area contributed by atoms with Gasteiger partial charge in [-0.3, -0.25) is 10.3 Å². The number of carbonyl (C=O) groups is 1. The lowest BCUT2D eigenvalue weighted by molar-refractivity contribution is 0.203. The molecule has 1 aromatic heterocycles. The van der Waals surface area contributed by atoms with Crippen molar-refractivity contribution in [1.82, 2.24) is 15.2 Å². The highest BCUT2D eigenvalue weighted by atomic mass is 35.5. The van der Waals surface area contributed by atoms with Crippen LogP contribution in [0.25, 0.3) is 6.08 Å². The van der Waals surface area contributed by atoms with Crippen molar-refractivity contribution in [2.45, 2.75) is 17.2 Å². The quantitative estimate of drug-likeness (QED) is 0.291. The number of aromatic hydroxyl groups is 1. The molecule has 0 fully saturated rings. The van der Waals surface area contributed by atoms with Crippen LogP contribution in [0.1, 0.15) is 29.7 Å². The molecule has 0 aliphatic carbocycles. The molecule has 1 aliphatic heterocycles. The normalized spacial score (nSPS) is 15.2. The number of amides is 2. The van der Waals surface area contributed by atoms with E-state index in [-0.39, 0.29) is 9.96 Å². The van der Waals surface area contributed by atoms with Gasteiger partial charge in [0, 0.05) is 18.3 Å². The summed E-state index contributed by atoms with van der Waals surface area (Å²) >= 11 is 6.70. The topological polar surface area (TPSA) is 111 Å². The number of hydrogen-bond acceptors (Lipinski definition) is 6. The summed E-state index contributed by atoms with van der Waals surface area (Å²) in [5.74, 6) is 0.0149. The van der Waals surface area contributed by atoms with Crippen molar-refractivity contribution in [3.8, 4) is 5.75 Å². The van der Waals surface area contributed by atoms with Gasteiger partial charge in [0.15, 0.2) is 0 Å². The standard InChI is InChI=1S/C22H21ClN4O4S2/c1-2-24-17-9-5-8-16(21(17)28)20-15-7-4-3-6-14(15)12-13-27(20)22(29)25-26-33(30,31)19-11-10-18(23)32-19/h3-13,20,24,26,28H,2H2,1H3,(H,25,29). The van der Waals surface area contributed by atoms with Crippen molar-refractivity contribution < 1.29 is 18.3 Å².